The van der Waals surface area contributed by atoms with Gasteiger partial charge in [0.25, 0.3) is 0 Å². The van der Waals surface area contributed by atoms with Gasteiger partial charge < -0.3 is 5.32 Å². The van der Waals surface area contributed by atoms with E-state index in [0.29, 0.717) is 5.52 Å². The summed E-state index contributed by atoms with van der Waals surface area (Å²) in [7, 11) is 0. The Hall–Kier alpha value is -1.53. The van der Waals surface area contributed by atoms with Crippen molar-refractivity contribution in [2.45, 2.75) is 26.8 Å². The van der Waals surface area contributed by atoms with Gasteiger partial charge in [-0.15, -0.1) is 11.3 Å². The van der Waals surface area contributed by atoms with E-state index in [-0.39, 0.29) is 11.9 Å². The number of nitrogens with zero attached hydrogens (tertiary/aromatic N) is 2. The quantitative estimate of drug-likeness (QED) is 0.763. The SMILES string of the molecule is Cc1nc(C)c(C(C)Nc2nc3cc(F)ccc3s2)s1. The van der Waals surface area contributed by atoms with Gasteiger partial charge in [0.2, 0.25) is 0 Å². The summed E-state index contributed by atoms with van der Waals surface area (Å²) < 4.78 is 14.2. The highest BCUT2D eigenvalue weighted by atomic mass is 32.1. The fourth-order valence-electron chi connectivity index (χ4n) is 2.16. The molecule has 0 fully saturated rings. The Labute approximate surface area is 124 Å². The van der Waals surface area contributed by atoms with Crippen LogP contribution in [0.5, 0.6) is 0 Å². The van der Waals surface area contributed by atoms with Gasteiger partial charge >= 0.3 is 0 Å². The first-order valence-electron chi connectivity index (χ1n) is 6.29. The average molecular weight is 307 g/mol. The van der Waals surface area contributed by atoms with Gasteiger partial charge in [-0.2, -0.15) is 0 Å². The van der Waals surface area contributed by atoms with Gasteiger partial charge in [-0.1, -0.05) is 11.3 Å². The van der Waals surface area contributed by atoms with Gasteiger partial charge in [-0.25, -0.2) is 14.4 Å². The van der Waals surface area contributed by atoms with Crippen LogP contribution in [-0.2, 0) is 0 Å². The fraction of sp³-hybridized carbons (Fsp3) is 0.286. The maximum absolute atomic E-state index is 13.2. The van der Waals surface area contributed by atoms with Crippen LogP contribution in [-0.4, -0.2) is 9.97 Å². The molecule has 0 aliphatic heterocycles. The van der Waals surface area contributed by atoms with E-state index in [1.807, 2.05) is 13.8 Å². The summed E-state index contributed by atoms with van der Waals surface area (Å²) in [6.07, 6.45) is 0. The molecule has 0 spiro atoms. The molecule has 3 rings (SSSR count). The summed E-state index contributed by atoms with van der Waals surface area (Å²) in [5.74, 6) is -0.253. The lowest BCUT2D eigenvalue weighted by Crippen LogP contribution is -2.05. The Kier molecular flexibility index (Phi) is 3.43. The molecule has 1 N–H and O–H groups in total. The van der Waals surface area contributed by atoms with Crippen molar-refractivity contribution in [1.29, 1.82) is 0 Å². The van der Waals surface area contributed by atoms with Crippen molar-refractivity contribution in [2.75, 3.05) is 5.32 Å². The number of hydrogen-bond donors (Lipinski definition) is 1. The summed E-state index contributed by atoms with van der Waals surface area (Å²) in [6.45, 7) is 6.12. The second-order valence-electron chi connectivity index (χ2n) is 4.68. The monoisotopic (exact) mass is 307 g/mol. The lowest BCUT2D eigenvalue weighted by atomic mass is 10.2. The Morgan fingerprint density at radius 3 is 2.70 bits per heavy atom. The standard InChI is InChI=1S/C14H14FN3S2/c1-7-13(19-9(3)16-7)8(2)17-14-18-11-6-10(15)4-5-12(11)20-14/h4-6,8H,1-3H3,(H,17,18). The third kappa shape index (κ3) is 2.53. The van der Waals surface area contributed by atoms with E-state index < -0.39 is 0 Å². The number of halogens is 1. The van der Waals surface area contributed by atoms with E-state index in [4.69, 9.17) is 0 Å². The van der Waals surface area contributed by atoms with Crippen LogP contribution in [0.2, 0.25) is 0 Å². The molecule has 1 aromatic carbocycles. The predicted octanol–water partition coefficient (Wildman–Crippen LogP) is 4.68. The zero-order valence-corrected chi connectivity index (χ0v) is 13.0. The number of hydrogen-bond acceptors (Lipinski definition) is 5. The zero-order chi connectivity index (χ0) is 14.3. The lowest BCUT2D eigenvalue weighted by Gasteiger charge is -2.11. The summed E-state index contributed by atoms with van der Waals surface area (Å²) in [6, 6.07) is 4.83. The maximum atomic E-state index is 13.2. The van der Waals surface area contributed by atoms with E-state index in [1.165, 1.54) is 28.3 Å². The minimum atomic E-state index is -0.253. The van der Waals surface area contributed by atoms with Crippen molar-refractivity contribution in [2.24, 2.45) is 0 Å². The molecule has 2 heterocycles. The van der Waals surface area contributed by atoms with E-state index in [2.05, 4.69) is 22.2 Å². The molecule has 6 heteroatoms. The third-order valence-electron chi connectivity index (χ3n) is 3.02. The van der Waals surface area contributed by atoms with Gasteiger partial charge in [-0.05, 0) is 32.9 Å². The van der Waals surface area contributed by atoms with Gasteiger partial charge in [0.05, 0.1) is 27.0 Å². The summed E-state index contributed by atoms with van der Waals surface area (Å²) >= 11 is 3.23. The predicted molar refractivity (Wildman–Crippen MR) is 83.2 cm³/mol. The third-order valence-corrected chi connectivity index (χ3v) is 5.25. The van der Waals surface area contributed by atoms with E-state index >= 15 is 0 Å². The minimum absolute atomic E-state index is 0.145. The Bertz CT molecular complexity index is 763. The molecule has 104 valence electrons. The summed E-state index contributed by atoms with van der Waals surface area (Å²) in [4.78, 5) is 10.1. The number of rotatable bonds is 3. The largest absolute Gasteiger partial charge is 0.354 e. The molecule has 0 aliphatic carbocycles. The molecule has 0 saturated carbocycles. The summed E-state index contributed by atoms with van der Waals surface area (Å²) in [5, 5.41) is 5.25. The number of aryl methyl sites for hydroxylation is 2. The first kappa shape index (κ1) is 13.5. The van der Waals surface area contributed by atoms with Crippen LogP contribution < -0.4 is 5.32 Å². The second-order valence-corrected chi connectivity index (χ2v) is 6.95. The van der Waals surface area contributed by atoms with Crippen molar-refractivity contribution in [3.8, 4) is 0 Å². The van der Waals surface area contributed by atoms with Crippen molar-refractivity contribution in [1.82, 2.24) is 9.97 Å². The molecule has 0 saturated heterocycles. The first-order valence-corrected chi connectivity index (χ1v) is 7.93. The van der Waals surface area contributed by atoms with E-state index in [1.54, 1.807) is 17.4 Å². The molecular weight excluding hydrogens is 293 g/mol. The number of benzene rings is 1. The van der Waals surface area contributed by atoms with Crippen molar-refractivity contribution < 1.29 is 4.39 Å². The Morgan fingerprint density at radius 1 is 1.20 bits per heavy atom. The van der Waals surface area contributed by atoms with Crippen molar-refractivity contribution in [3.05, 3.63) is 39.6 Å². The number of aromatic nitrogens is 2. The normalized spacial score (nSPS) is 12.8. The van der Waals surface area contributed by atoms with Gasteiger partial charge in [-0.3, -0.25) is 0 Å². The minimum Gasteiger partial charge on any atom is -0.354 e. The topological polar surface area (TPSA) is 37.8 Å². The molecule has 3 nitrogen and oxygen atoms in total. The molecule has 0 amide bonds. The smallest absolute Gasteiger partial charge is 0.184 e. The molecule has 2 aromatic heterocycles. The summed E-state index contributed by atoms with van der Waals surface area (Å²) in [5.41, 5.74) is 1.75. The highest BCUT2D eigenvalue weighted by Crippen LogP contribution is 2.31. The molecule has 1 atom stereocenters. The van der Waals surface area contributed by atoms with Crippen LogP contribution >= 0.6 is 22.7 Å². The molecule has 0 radical (unpaired) electrons. The van der Waals surface area contributed by atoms with Crippen molar-refractivity contribution in [3.63, 3.8) is 0 Å². The number of anilines is 1. The highest BCUT2D eigenvalue weighted by Gasteiger charge is 2.14. The van der Waals surface area contributed by atoms with Gasteiger partial charge in [0.1, 0.15) is 5.82 Å². The molecular formula is C14H14FN3S2. The van der Waals surface area contributed by atoms with Gasteiger partial charge in [0.15, 0.2) is 5.13 Å². The molecule has 1 unspecified atom stereocenters. The number of thiazole rings is 2. The van der Waals surface area contributed by atoms with Crippen LogP contribution in [0.1, 0.15) is 28.5 Å². The van der Waals surface area contributed by atoms with Crippen molar-refractivity contribution >= 4 is 38.0 Å². The van der Waals surface area contributed by atoms with E-state index in [9.17, 15) is 4.39 Å². The fourth-order valence-corrected chi connectivity index (χ4v) is 4.02. The second kappa shape index (κ2) is 5.10. The molecule has 3 aromatic rings. The Balaban J connectivity index is 1.87. The average Bonchev–Trinajstić information content (AvgIpc) is 2.91. The van der Waals surface area contributed by atoms with Gasteiger partial charge in [0, 0.05) is 10.9 Å². The molecule has 0 bridgehead atoms. The molecule has 20 heavy (non-hydrogen) atoms. The lowest BCUT2D eigenvalue weighted by molar-refractivity contribution is 0.629. The first-order chi connectivity index (χ1) is 9.52. The van der Waals surface area contributed by atoms with Crippen LogP contribution in [0.3, 0.4) is 0 Å². The molecule has 0 aliphatic rings. The number of nitrogens with one attached hydrogen (secondary N) is 1. The van der Waals surface area contributed by atoms with E-state index in [0.717, 1.165) is 20.5 Å². The van der Waals surface area contributed by atoms with Crippen LogP contribution in [0.4, 0.5) is 9.52 Å². The van der Waals surface area contributed by atoms with Crippen LogP contribution in [0.15, 0.2) is 18.2 Å². The highest BCUT2D eigenvalue weighted by molar-refractivity contribution is 7.22. The maximum Gasteiger partial charge on any atom is 0.184 e. The number of fused-ring (bicyclic) bond motifs is 1. The van der Waals surface area contributed by atoms with Crippen LogP contribution in [0.25, 0.3) is 10.2 Å². The Morgan fingerprint density at radius 2 is 2.00 bits per heavy atom. The zero-order valence-electron chi connectivity index (χ0n) is 11.4. The van der Waals surface area contributed by atoms with Crippen LogP contribution in [0, 0.1) is 19.7 Å².